The highest BCUT2D eigenvalue weighted by Gasteiger charge is 2.36. The summed E-state index contributed by atoms with van der Waals surface area (Å²) in [5.74, 6) is 0.356. The normalized spacial score (nSPS) is 12.8. The Bertz CT molecular complexity index is 621. The molecule has 0 fully saturated rings. The average molecular weight is 309 g/mol. The van der Waals surface area contributed by atoms with Crippen molar-refractivity contribution in [1.29, 1.82) is 0 Å². The Balaban J connectivity index is 1.91. The van der Waals surface area contributed by atoms with E-state index in [1.165, 1.54) is 0 Å². The molecule has 8 heteroatoms. The summed E-state index contributed by atoms with van der Waals surface area (Å²) in [5, 5.41) is 7.50. The van der Waals surface area contributed by atoms with Gasteiger partial charge in [0.25, 0.3) is 0 Å². The average Bonchev–Trinajstić information content (AvgIpc) is 2.82. The summed E-state index contributed by atoms with van der Waals surface area (Å²) in [5.41, 5.74) is 6.39. The van der Waals surface area contributed by atoms with Crippen molar-refractivity contribution in [1.82, 2.24) is 20.2 Å². The highest BCUT2D eigenvalue weighted by molar-refractivity contribution is 6.74. The van der Waals surface area contributed by atoms with Crippen LogP contribution >= 0.6 is 0 Å². The molecule has 0 unspecified atom stereocenters. The van der Waals surface area contributed by atoms with Gasteiger partial charge < -0.3 is 14.9 Å². The Morgan fingerprint density at radius 1 is 1.24 bits per heavy atom. The van der Waals surface area contributed by atoms with E-state index in [1.807, 2.05) is 0 Å². The molecule has 0 aromatic carbocycles. The standard InChI is InChI=1S/C13H23N5O2Si/c1-13(2,3)21(4,5)20-7-6-19-12-16-10(14)9-8-15-18-11(9)17-12/h8H,6-7H2,1-5H3,(H3,14,15,16,17,18). The number of anilines is 1. The van der Waals surface area contributed by atoms with Crippen LogP contribution in [0.4, 0.5) is 5.82 Å². The molecule has 2 rings (SSSR count). The molecule has 0 saturated heterocycles. The Kier molecular flexibility index (Phi) is 4.19. The number of fused-ring (bicyclic) bond motifs is 1. The minimum absolute atomic E-state index is 0.183. The van der Waals surface area contributed by atoms with Crippen molar-refractivity contribution in [2.45, 2.75) is 38.9 Å². The number of H-pyrrole nitrogens is 1. The number of aromatic amines is 1. The number of hydrogen-bond donors (Lipinski definition) is 2. The van der Waals surface area contributed by atoms with Crippen molar-refractivity contribution in [2.24, 2.45) is 0 Å². The highest BCUT2D eigenvalue weighted by Crippen LogP contribution is 2.36. The maximum atomic E-state index is 6.03. The molecular weight excluding hydrogens is 286 g/mol. The zero-order chi connectivity index (χ0) is 15.7. The van der Waals surface area contributed by atoms with E-state index < -0.39 is 8.32 Å². The van der Waals surface area contributed by atoms with Crippen LogP contribution in [0.15, 0.2) is 6.20 Å². The fourth-order valence-corrected chi connectivity index (χ4v) is 2.57. The second-order valence-corrected chi connectivity index (χ2v) is 11.3. The minimum atomic E-state index is -1.75. The quantitative estimate of drug-likeness (QED) is 0.649. The minimum Gasteiger partial charge on any atom is -0.461 e. The highest BCUT2D eigenvalue weighted by atomic mass is 28.4. The van der Waals surface area contributed by atoms with Crippen LogP contribution in [0.25, 0.3) is 11.0 Å². The zero-order valence-corrected chi connectivity index (χ0v) is 14.2. The molecule has 7 nitrogen and oxygen atoms in total. The molecule has 0 saturated carbocycles. The van der Waals surface area contributed by atoms with Gasteiger partial charge in [0, 0.05) is 0 Å². The van der Waals surface area contributed by atoms with Gasteiger partial charge in [-0.2, -0.15) is 15.1 Å². The Morgan fingerprint density at radius 3 is 2.62 bits per heavy atom. The first kappa shape index (κ1) is 15.7. The van der Waals surface area contributed by atoms with Gasteiger partial charge in [0.05, 0.1) is 18.2 Å². The van der Waals surface area contributed by atoms with Crippen LogP contribution in [0.3, 0.4) is 0 Å². The Labute approximate surface area is 125 Å². The molecule has 2 heterocycles. The molecule has 2 aromatic heterocycles. The van der Waals surface area contributed by atoms with Crippen LogP contribution in [0.5, 0.6) is 6.01 Å². The van der Waals surface area contributed by atoms with Crippen LogP contribution in [-0.4, -0.2) is 41.7 Å². The third-order valence-electron chi connectivity index (χ3n) is 3.90. The fourth-order valence-electron chi connectivity index (χ4n) is 1.55. The van der Waals surface area contributed by atoms with Crippen LogP contribution in [0.2, 0.25) is 18.1 Å². The Hall–Kier alpha value is -1.67. The zero-order valence-electron chi connectivity index (χ0n) is 13.2. The first-order chi connectivity index (χ1) is 9.71. The van der Waals surface area contributed by atoms with Gasteiger partial charge in [0.1, 0.15) is 12.4 Å². The first-order valence-electron chi connectivity index (χ1n) is 6.94. The van der Waals surface area contributed by atoms with Crippen molar-refractivity contribution in [3.05, 3.63) is 6.20 Å². The topological polar surface area (TPSA) is 98.9 Å². The monoisotopic (exact) mass is 309 g/mol. The van der Waals surface area contributed by atoms with E-state index >= 15 is 0 Å². The molecular formula is C13H23N5O2Si. The third-order valence-corrected chi connectivity index (χ3v) is 8.44. The summed E-state index contributed by atoms with van der Waals surface area (Å²) in [6, 6.07) is 0.239. The molecule has 0 aliphatic carbocycles. The first-order valence-corrected chi connectivity index (χ1v) is 9.85. The number of aromatic nitrogens is 4. The number of hydrogen-bond acceptors (Lipinski definition) is 6. The van der Waals surface area contributed by atoms with E-state index in [9.17, 15) is 0 Å². The van der Waals surface area contributed by atoms with E-state index in [0.29, 0.717) is 30.1 Å². The number of rotatable bonds is 5. The molecule has 0 atom stereocenters. The van der Waals surface area contributed by atoms with E-state index in [0.717, 1.165) is 0 Å². The number of ether oxygens (including phenoxy) is 1. The molecule has 0 radical (unpaired) electrons. The Morgan fingerprint density at radius 2 is 1.95 bits per heavy atom. The maximum Gasteiger partial charge on any atom is 0.320 e. The van der Waals surface area contributed by atoms with Gasteiger partial charge in [-0.3, -0.25) is 5.10 Å². The maximum absolute atomic E-state index is 6.03. The van der Waals surface area contributed by atoms with E-state index in [2.05, 4.69) is 54.0 Å². The third kappa shape index (κ3) is 3.51. The predicted octanol–water partition coefficient (Wildman–Crippen LogP) is 2.34. The summed E-state index contributed by atoms with van der Waals surface area (Å²) >= 11 is 0. The molecule has 0 bridgehead atoms. The van der Waals surface area contributed by atoms with Crippen LogP contribution in [-0.2, 0) is 4.43 Å². The summed E-state index contributed by atoms with van der Waals surface area (Å²) in [4.78, 5) is 8.30. The summed E-state index contributed by atoms with van der Waals surface area (Å²) < 4.78 is 11.5. The summed E-state index contributed by atoms with van der Waals surface area (Å²) in [6.45, 7) is 11.9. The van der Waals surface area contributed by atoms with Crippen molar-refractivity contribution in [2.75, 3.05) is 18.9 Å². The fraction of sp³-hybridized carbons (Fsp3) is 0.615. The van der Waals surface area contributed by atoms with E-state index in [-0.39, 0.29) is 11.0 Å². The van der Waals surface area contributed by atoms with Gasteiger partial charge in [0.2, 0.25) is 0 Å². The molecule has 3 N–H and O–H groups in total. The van der Waals surface area contributed by atoms with Crippen molar-refractivity contribution < 1.29 is 9.16 Å². The smallest absolute Gasteiger partial charge is 0.320 e. The number of nitrogens with two attached hydrogens (primary N) is 1. The lowest BCUT2D eigenvalue weighted by Gasteiger charge is -2.36. The number of nitrogens with zero attached hydrogens (tertiary/aromatic N) is 3. The molecule has 2 aromatic rings. The lowest BCUT2D eigenvalue weighted by Crippen LogP contribution is -2.41. The van der Waals surface area contributed by atoms with Gasteiger partial charge in [-0.1, -0.05) is 20.8 Å². The number of nitrogens with one attached hydrogen (secondary N) is 1. The molecule has 0 spiro atoms. The second kappa shape index (κ2) is 5.61. The van der Waals surface area contributed by atoms with Gasteiger partial charge in [-0.05, 0) is 18.1 Å². The lowest BCUT2D eigenvalue weighted by atomic mass is 10.2. The molecule has 0 amide bonds. The van der Waals surface area contributed by atoms with Gasteiger partial charge in [0.15, 0.2) is 14.0 Å². The largest absolute Gasteiger partial charge is 0.461 e. The molecule has 116 valence electrons. The van der Waals surface area contributed by atoms with Crippen molar-refractivity contribution in [3.63, 3.8) is 0 Å². The van der Waals surface area contributed by atoms with Gasteiger partial charge >= 0.3 is 6.01 Å². The number of nitrogen functional groups attached to an aromatic ring is 1. The van der Waals surface area contributed by atoms with E-state index in [4.69, 9.17) is 14.9 Å². The van der Waals surface area contributed by atoms with Crippen LogP contribution in [0, 0.1) is 0 Å². The van der Waals surface area contributed by atoms with Gasteiger partial charge in [-0.15, -0.1) is 0 Å². The van der Waals surface area contributed by atoms with Crippen LogP contribution in [0.1, 0.15) is 20.8 Å². The molecule has 0 aliphatic heterocycles. The SMILES string of the molecule is CC(C)(C)[Si](C)(C)OCCOc1nc(N)c2cn[nH]c2n1. The van der Waals surface area contributed by atoms with E-state index in [1.54, 1.807) is 6.20 Å². The molecule has 21 heavy (non-hydrogen) atoms. The van der Waals surface area contributed by atoms with Crippen LogP contribution < -0.4 is 10.5 Å². The summed E-state index contributed by atoms with van der Waals surface area (Å²) in [6.07, 6.45) is 1.59. The predicted molar refractivity (Wildman–Crippen MR) is 84.7 cm³/mol. The van der Waals surface area contributed by atoms with Crippen molar-refractivity contribution in [3.8, 4) is 6.01 Å². The lowest BCUT2D eigenvalue weighted by molar-refractivity contribution is 0.194. The summed E-state index contributed by atoms with van der Waals surface area (Å²) in [7, 11) is -1.75. The molecule has 0 aliphatic rings. The van der Waals surface area contributed by atoms with Crippen molar-refractivity contribution >= 4 is 25.2 Å². The van der Waals surface area contributed by atoms with Gasteiger partial charge in [-0.25, -0.2) is 0 Å². The second-order valence-electron chi connectivity index (χ2n) is 6.48.